The fraction of sp³-hybridized carbons (Fsp3) is 0.611. The molecule has 0 bridgehead atoms. The van der Waals surface area contributed by atoms with E-state index in [1.165, 1.54) is 12.8 Å². The molecule has 6 nitrogen and oxygen atoms in total. The van der Waals surface area contributed by atoms with Gasteiger partial charge in [0.1, 0.15) is 11.9 Å². The minimum Gasteiger partial charge on any atom is -0.370 e. The highest BCUT2D eigenvalue weighted by atomic mass is 16.2. The summed E-state index contributed by atoms with van der Waals surface area (Å²) < 4.78 is 0. The van der Waals surface area contributed by atoms with Crippen LogP contribution in [0.25, 0.3) is 0 Å². The van der Waals surface area contributed by atoms with Gasteiger partial charge in [-0.05, 0) is 44.7 Å². The third-order valence-corrected chi connectivity index (χ3v) is 4.95. The molecule has 2 heterocycles. The highest BCUT2D eigenvalue weighted by Crippen LogP contribution is 2.24. The van der Waals surface area contributed by atoms with Gasteiger partial charge in [0.05, 0.1) is 11.9 Å². The molecule has 0 aromatic carbocycles. The highest BCUT2D eigenvalue weighted by molar-refractivity contribution is 5.96. The summed E-state index contributed by atoms with van der Waals surface area (Å²) in [6.45, 7) is 3.84. The molecule has 0 spiro atoms. The number of carbonyl (C=O) groups is 2. The van der Waals surface area contributed by atoms with Crippen LogP contribution in [0.1, 0.15) is 45.4 Å². The third-order valence-electron chi connectivity index (χ3n) is 4.95. The molecule has 2 N–H and O–H groups in total. The fourth-order valence-electron chi connectivity index (χ4n) is 3.44. The first kappa shape index (κ1) is 16.7. The second-order valence-corrected chi connectivity index (χ2v) is 6.80. The van der Waals surface area contributed by atoms with Crippen LogP contribution >= 0.6 is 0 Å². The topological polar surface area (TPSA) is 74.3 Å². The number of hydrogen-bond acceptors (Lipinski definition) is 4. The van der Waals surface area contributed by atoms with Crippen LogP contribution in [0.3, 0.4) is 0 Å². The first-order chi connectivity index (χ1) is 11.6. The Morgan fingerprint density at radius 2 is 1.88 bits per heavy atom. The summed E-state index contributed by atoms with van der Waals surface area (Å²) >= 11 is 0. The second-order valence-electron chi connectivity index (χ2n) is 6.80. The first-order valence-corrected chi connectivity index (χ1v) is 8.96. The molecule has 1 aliphatic carbocycles. The van der Waals surface area contributed by atoms with Gasteiger partial charge in [-0.25, -0.2) is 4.98 Å². The van der Waals surface area contributed by atoms with Gasteiger partial charge in [-0.3, -0.25) is 9.59 Å². The van der Waals surface area contributed by atoms with Gasteiger partial charge in [0, 0.05) is 19.0 Å². The van der Waals surface area contributed by atoms with E-state index < -0.39 is 6.04 Å². The van der Waals surface area contributed by atoms with Gasteiger partial charge in [-0.1, -0.05) is 12.8 Å². The van der Waals surface area contributed by atoms with Crippen molar-refractivity contribution in [3.8, 4) is 0 Å². The highest BCUT2D eigenvalue weighted by Gasteiger charge is 2.25. The van der Waals surface area contributed by atoms with Crippen LogP contribution in [-0.2, 0) is 9.59 Å². The summed E-state index contributed by atoms with van der Waals surface area (Å²) in [6.07, 6.45) is 8.30. The molecule has 2 fully saturated rings. The maximum absolute atomic E-state index is 12.2. The Hall–Kier alpha value is -2.11. The molecule has 1 aromatic rings. The summed E-state index contributed by atoms with van der Waals surface area (Å²) in [5, 5.41) is 5.58. The SMILES string of the molecule is CC(NC(=O)C1CCCC1)C(=O)Nc1ccc(N2CCCC2)cn1. The average Bonchev–Trinajstić information content (AvgIpc) is 3.29. The standard InChI is InChI=1S/C18H26N4O2/c1-13(20-18(24)14-6-2-3-7-14)17(23)21-16-9-8-15(12-19-16)22-10-4-5-11-22/h8-9,12-14H,2-7,10-11H2,1H3,(H,20,24)(H,19,21,23). The predicted octanol–water partition coefficient (Wildman–Crippen LogP) is 2.32. The predicted molar refractivity (Wildman–Crippen MR) is 93.9 cm³/mol. The van der Waals surface area contributed by atoms with Gasteiger partial charge in [0.25, 0.3) is 0 Å². The minimum absolute atomic E-state index is 0.00695. The summed E-state index contributed by atoms with van der Waals surface area (Å²) in [4.78, 5) is 30.9. The number of aromatic nitrogens is 1. The van der Waals surface area contributed by atoms with E-state index in [9.17, 15) is 9.59 Å². The van der Waals surface area contributed by atoms with E-state index in [0.717, 1.165) is 44.5 Å². The number of nitrogens with one attached hydrogen (secondary N) is 2. The molecule has 1 saturated heterocycles. The van der Waals surface area contributed by atoms with Gasteiger partial charge >= 0.3 is 0 Å². The number of rotatable bonds is 5. The largest absolute Gasteiger partial charge is 0.370 e. The number of anilines is 2. The van der Waals surface area contributed by atoms with E-state index in [-0.39, 0.29) is 17.7 Å². The zero-order valence-electron chi connectivity index (χ0n) is 14.3. The van der Waals surface area contributed by atoms with E-state index in [0.29, 0.717) is 5.82 Å². The van der Waals surface area contributed by atoms with Gasteiger partial charge < -0.3 is 15.5 Å². The summed E-state index contributed by atoms with van der Waals surface area (Å²) in [6, 6.07) is 3.24. The Balaban J connectivity index is 1.50. The Morgan fingerprint density at radius 3 is 2.50 bits per heavy atom. The van der Waals surface area contributed by atoms with Crippen LogP contribution < -0.4 is 15.5 Å². The smallest absolute Gasteiger partial charge is 0.247 e. The molecule has 1 saturated carbocycles. The summed E-state index contributed by atoms with van der Waals surface area (Å²) in [7, 11) is 0. The van der Waals surface area contributed by atoms with Crippen molar-refractivity contribution in [3.05, 3.63) is 18.3 Å². The lowest BCUT2D eigenvalue weighted by Crippen LogP contribution is -2.43. The van der Waals surface area contributed by atoms with Crippen molar-refractivity contribution in [2.45, 2.75) is 51.5 Å². The minimum atomic E-state index is -0.557. The zero-order valence-corrected chi connectivity index (χ0v) is 14.3. The van der Waals surface area contributed by atoms with Crippen molar-refractivity contribution in [2.24, 2.45) is 5.92 Å². The molecule has 1 unspecified atom stereocenters. The van der Waals surface area contributed by atoms with Crippen LogP contribution in [0, 0.1) is 5.92 Å². The van der Waals surface area contributed by atoms with E-state index in [1.54, 1.807) is 13.1 Å². The van der Waals surface area contributed by atoms with Crippen LogP contribution in [0.2, 0.25) is 0 Å². The molecule has 1 aromatic heterocycles. The molecule has 0 radical (unpaired) electrons. The van der Waals surface area contributed by atoms with Crippen LogP contribution in [0.5, 0.6) is 0 Å². The molecule has 6 heteroatoms. The molecule has 2 amide bonds. The lowest BCUT2D eigenvalue weighted by molar-refractivity contribution is -0.128. The van der Waals surface area contributed by atoms with Crippen molar-refractivity contribution in [2.75, 3.05) is 23.3 Å². The number of hydrogen-bond donors (Lipinski definition) is 2. The average molecular weight is 330 g/mol. The lowest BCUT2D eigenvalue weighted by atomic mass is 10.1. The molecular formula is C18H26N4O2. The van der Waals surface area contributed by atoms with E-state index in [2.05, 4.69) is 20.5 Å². The molecule has 2 aliphatic rings. The van der Waals surface area contributed by atoms with Crippen molar-refractivity contribution in [1.29, 1.82) is 0 Å². The monoisotopic (exact) mass is 330 g/mol. The van der Waals surface area contributed by atoms with Crippen molar-refractivity contribution in [3.63, 3.8) is 0 Å². The second kappa shape index (κ2) is 7.64. The van der Waals surface area contributed by atoms with Crippen molar-refractivity contribution in [1.82, 2.24) is 10.3 Å². The van der Waals surface area contributed by atoms with E-state index in [4.69, 9.17) is 0 Å². The molecule has 24 heavy (non-hydrogen) atoms. The Bertz CT molecular complexity index is 575. The molecule has 1 atom stereocenters. The lowest BCUT2D eigenvalue weighted by Gasteiger charge is -2.18. The van der Waals surface area contributed by atoms with Crippen molar-refractivity contribution < 1.29 is 9.59 Å². The normalized spacial score (nSPS) is 19.3. The number of amides is 2. The maximum Gasteiger partial charge on any atom is 0.247 e. The fourth-order valence-corrected chi connectivity index (χ4v) is 3.44. The molecular weight excluding hydrogens is 304 g/mol. The molecule has 1 aliphatic heterocycles. The molecule has 130 valence electrons. The van der Waals surface area contributed by atoms with Crippen molar-refractivity contribution >= 4 is 23.3 Å². The van der Waals surface area contributed by atoms with E-state index >= 15 is 0 Å². The Morgan fingerprint density at radius 1 is 1.17 bits per heavy atom. The van der Waals surface area contributed by atoms with Gasteiger partial charge in [0.2, 0.25) is 11.8 Å². The van der Waals surface area contributed by atoms with Gasteiger partial charge in [0.15, 0.2) is 0 Å². The van der Waals surface area contributed by atoms with Crippen LogP contribution in [-0.4, -0.2) is 35.9 Å². The Kier molecular flexibility index (Phi) is 5.33. The van der Waals surface area contributed by atoms with Crippen LogP contribution in [0.4, 0.5) is 11.5 Å². The third kappa shape index (κ3) is 4.04. The number of carbonyl (C=O) groups excluding carboxylic acids is 2. The zero-order chi connectivity index (χ0) is 16.9. The van der Waals surface area contributed by atoms with Gasteiger partial charge in [-0.2, -0.15) is 0 Å². The van der Waals surface area contributed by atoms with E-state index in [1.807, 2.05) is 12.1 Å². The molecule has 3 rings (SSSR count). The summed E-state index contributed by atoms with van der Waals surface area (Å²) in [5.74, 6) is 0.346. The van der Waals surface area contributed by atoms with Crippen LogP contribution in [0.15, 0.2) is 18.3 Å². The number of pyridine rings is 1. The van der Waals surface area contributed by atoms with Gasteiger partial charge in [-0.15, -0.1) is 0 Å². The summed E-state index contributed by atoms with van der Waals surface area (Å²) in [5.41, 5.74) is 1.09. The first-order valence-electron chi connectivity index (χ1n) is 8.96. The maximum atomic E-state index is 12.2. The Labute approximate surface area is 143 Å². The number of nitrogens with zero attached hydrogens (tertiary/aromatic N) is 2. The quantitative estimate of drug-likeness (QED) is 0.869.